The Balaban J connectivity index is 2.77. The Labute approximate surface area is 81.6 Å². The minimum absolute atomic E-state index is 0.151. The number of carboxylic acid groups (broad SMARTS) is 1. The van der Waals surface area contributed by atoms with Crippen molar-refractivity contribution in [1.29, 1.82) is 0 Å². The van der Waals surface area contributed by atoms with Crippen LogP contribution in [-0.4, -0.2) is 24.2 Å². The first-order valence-corrected chi connectivity index (χ1v) is 4.28. The molecule has 0 aliphatic rings. The first kappa shape index (κ1) is 10.7. The number of carbonyl (C=O) groups is 1. The van der Waals surface area contributed by atoms with E-state index in [0.717, 1.165) is 0 Å². The molecule has 0 aliphatic heterocycles. The number of likely N-dealkylation sites (N-methyl/N-ethyl adjacent to an activating group) is 1. The van der Waals surface area contributed by atoms with Crippen LogP contribution < -0.4 is 5.32 Å². The van der Waals surface area contributed by atoms with Gasteiger partial charge in [-0.15, -0.1) is 0 Å². The summed E-state index contributed by atoms with van der Waals surface area (Å²) >= 11 is 0. The molecular weight excluding hydrogens is 185 g/mol. The Hall–Kier alpha value is -1.42. The van der Waals surface area contributed by atoms with Crippen LogP contribution in [0, 0.1) is 5.82 Å². The maximum Gasteiger partial charge on any atom is 0.321 e. The SMILES string of the molecule is CNC(Cc1ccccc1F)C(=O)O. The van der Waals surface area contributed by atoms with E-state index in [1.807, 2.05) is 0 Å². The summed E-state index contributed by atoms with van der Waals surface area (Å²) < 4.78 is 13.1. The molecule has 0 aliphatic carbocycles. The third-order valence-electron chi connectivity index (χ3n) is 2.03. The fourth-order valence-electron chi connectivity index (χ4n) is 1.20. The number of halogens is 1. The molecular formula is C10H12FNO2. The number of hydrogen-bond donors (Lipinski definition) is 2. The lowest BCUT2D eigenvalue weighted by molar-refractivity contribution is -0.139. The lowest BCUT2D eigenvalue weighted by Crippen LogP contribution is -2.35. The zero-order valence-electron chi connectivity index (χ0n) is 7.83. The smallest absolute Gasteiger partial charge is 0.321 e. The fraction of sp³-hybridized carbons (Fsp3) is 0.300. The summed E-state index contributed by atoms with van der Waals surface area (Å²) in [6, 6.07) is 5.43. The van der Waals surface area contributed by atoms with E-state index in [-0.39, 0.29) is 12.2 Å². The van der Waals surface area contributed by atoms with Crippen LogP contribution in [-0.2, 0) is 11.2 Å². The van der Waals surface area contributed by atoms with Crippen LogP contribution in [0.25, 0.3) is 0 Å². The number of nitrogens with one attached hydrogen (secondary N) is 1. The highest BCUT2D eigenvalue weighted by atomic mass is 19.1. The van der Waals surface area contributed by atoms with Crippen molar-refractivity contribution < 1.29 is 14.3 Å². The van der Waals surface area contributed by atoms with Crippen molar-refractivity contribution in [3.63, 3.8) is 0 Å². The average molecular weight is 197 g/mol. The van der Waals surface area contributed by atoms with Crippen molar-refractivity contribution in [3.8, 4) is 0 Å². The second-order valence-electron chi connectivity index (χ2n) is 2.98. The van der Waals surface area contributed by atoms with Crippen LogP contribution in [0.3, 0.4) is 0 Å². The monoisotopic (exact) mass is 197 g/mol. The Morgan fingerprint density at radius 1 is 1.57 bits per heavy atom. The van der Waals surface area contributed by atoms with Gasteiger partial charge >= 0.3 is 5.97 Å². The van der Waals surface area contributed by atoms with E-state index >= 15 is 0 Å². The van der Waals surface area contributed by atoms with Crippen LogP contribution in [0.4, 0.5) is 4.39 Å². The number of carboxylic acids is 1. The van der Waals surface area contributed by atoms with Gasteiger partial charge in [0.05, 0.1) is 0 Å². The number of aliphatic carboxylic acids is 1. The van der Waals surface area contributed by atoms with Crippen molar-refractivity contribution in [2.45, 2.75) is 12.5 Å². The summed E-state index contributed by atoms with van der Waals surface area (Å²) in [7, 11) is 1.54. The molecule has 0 amide bonds. The van der Waals surface area contributed by atoms with Gasteiger partial charge in [0.15, 0.2) is 0 Å². The highest BCUT2D eigenvalue weighted by molar-refractivity contribution is 5.73. The van der Waals surface area contributed by atoms with Gasteiger partial charge in [0.25, 0.3) is 0 Å². The van der Waals surface area contributed by atoms with Gasteiger partial charge in [0.2, 0.25) is 0 Å². The molecule has 1 aromatic rings. The van der Waals surface area contributed by atoms with Gasteiger partial charge in [0.1, 0.15) is 11.9 Å². The van der Waals surface area contributed by atoms with E-state index in [0.29, 0.717) is 5.56 Å². The fourth-order valence-corrected chi connectivity index (χ4v) is 1.20. The Kier molecular flexibility index (Phi) is 3.59. The van der Waals surface area contributed by atoms with Crippen molar-refractivity contribution in [1.82, 2.24) is 5.32 Å². The normalized spacial score (nSPS) is 12.4. The predicted octanol–water partition coefficient (Wildman–Crippen LogP) is 1.04. The Morgan fingerprint density at radius 3 is 2.71 bits per heavy atom. The minimum atomic E-state index is -0.976. The second-order valence-corrected chi connectivity index (χ2v) is 2.98. The van der Waals surface area contributed by atoms with Gasteiger partial charge in [-0.2, -0.15) is 0 Å². The summed E-state index contributed by atoms with van der Waals surface area (Å²) in [5.74, 6) is -1.34. The summed E-state index contributed by atoms with van der Waals surface area (Å²) in [5.41, 5.74) is 0.411. The number of hydrogen-bond acceptors (Lipinski definition) is 2. The van der Waals surface area contributed by atoms with Gasteiger partial charge in [-0.3, -0.25) is 4.79 Å². The zero-order chi connectivity index (χ0) is 10.6. The van der Waals surface area contributed by atoms with Crippen LogP contribution >= 0.6 is 0 Å². The third-order valence-corrected chi connectivity index (χ3v) is 2.03. The molecule has 3 nitrogen and oxygen atoms in total. The maximum atomic E-state index is 13.1. The summed E-state index contributed by atoms with van der Waals surface area (Å²) in [6.07, 6.45) is 0.151. The molecule has 0 aromatic heterocycles. The van der Waals surface area contributed by atoms with Gasteiger partial charge in [-0.05, 0) is 18.7 Å². The van der Waals surface area contributed by atoms with Gasteiger partial charge in [0, 0.05) is 6.42 Å². The molecule has 14 heavy (non-hydrogen) atoms. The summed E-state index contributed by atoms with van der Waals surface area (Å²) in [6.45, 7) is 0. The minimum Gasteiger partial charge on any atom is -0.480 e. The van der Waals surface area contributed by atoms with Crippen LogP contribution in [0.1, 0.15) is 5.56 Å². The van der Waals surface area contributed by atoms with E-state index in [9.17, 15) is 9.18 Å². The van der Waals surface area contributed by atoms with Crippen molar-refractivity contribution in [2.24, 2.45) is 0 Å². The molecule has 0 radical (unpaired) electrons. The molecule has 76 valence electrons. The number of rotatable bonds is 4. The first-order chi connectivity index (χ1) is 6.65. The lowest BCUT2D eigenvalue weighted by Gasteiger charge is -2.11. The van der Waals surface area contributed by atoms with E-state index in [1.54, 1.807) is 25.2 Å². The molecule has 0 heterocycles. The third kappa shape index (κ3) is 2.53. The zero-order valence-corrected chi connectivity index (χ0v) is 7.83. The maximum absolute atomic E-state index is 13.1. The van der Waals surface area contributed by atoms with Gasteiger partial charge < -0.3 is 10.4 Å². The van der Waals surface area contributed by atoms with Crippen molar-refractivity contribution in [3.05, 3.63) is 35.6 Å². The first-order valence-electron chi connectivity index (χ1n) is 4.28. The summed E-state index contributed by atoms with van der Waals surface area (Å²) in [4.78, 5) is 10.7. The Morgan fingerprint density at radius 2 is 2.21 bits per heavy atom. The van der Waals surface area contributed by atoms with Gasteiger partial charge in [-0.1, -0.05) is 18.2 Å². The molecule has 0 fully saturated rings. The summed E-state index contributed by atoms with van der Waals surface area (Å²) in [5, 5.41) is 11.4. The molecule has 0 spiro atoms. The van der Waals surface area contributed by atoms with Crippen molar-refractivity contribution >= 4 is 5.97 Å². The highest BCUT2D eigenvalue weighted by Crippen LogP contribution is 2.08. The molecule has 0 saturated heterocycles. The van der Waals surface area contributed by atoms with E-state index < -0.39 is 12.0 Å². The lowest BCUT2D eigenvalue weighted by atomic mass is 10.1. The molecule has 0 bridgehead atoms. The van der Waals surface area contributed by atoms with E-state index in [4.69, 9.17) is 5.11 Å². The quantitative estimate of drug-likeness (QED) is 0.758. The number of benzene rings is 1. The standard InChI is InChI=1S/C10H12FNO2/c1-12-9(10(13)14)6-7-4-2-3-5-8(7)11/h2-5,9,12H,6H2,1H3,(H,13,14). The Bertz CT molecular complexity index is 328. The molecule has 1 unspecified atom stereocenters. The molecule has 2 N–H and O–H groups in total. The van der Waals surface area contributed by atoms with Crippen LogP contribution in [0.15, 0.2) is 24.3 Å². The largest absolute Gasteiger partial charge is 0.480 e. The molecule has 1 atom stereocenters. The molecule has 1 rings (SSSR count). The highest BCUT2D eigenvalue weighted by Gasteiger charge is 2.16. The molecule has 1 aromatic carbocycles. The molecule has 0 saturated carbocycles. The second kappa shape index (κ2) is 4.72. The van der Waals surface area contributed by atoms with Crippen LogP contribution in [0.5, 0.6) is 0 Å². The molecule has 4 heteroatoms. The topological polar surface area (TPSA) is 49.3 Å². The van der Waals surface area contributed by atoms with Gasteiger partial charge in [-0.25, -0.2) is 4.39 Å². The average Bonchev–Trinajstić information content (AvgIpc) is 2.16. The van der Waals surface area contributed by atoms with E-state index in [2.05, 4.69) is 5.32 Å². The van der Waals surface area contributed by atoms with Crippen LogP contribution in [0.2, 0.25) is 0 Å². The van der Waals surface area contributed by atoms with E-state index in [1.165, 1.54) is 6.07 Å². The predicted molar refractivity (Wildman–Crippen MR) is 50.6 cm³/mol. The van der Waals surface area contributed by atoms with Crippen molar-refractivity contribution in [2.75, 3.05) is 7.05 Å².